The maximum Gasteiger partial charge on any atom is 0.123 e. The van der Waals surface area contributed by atoms with E-state index >= 15 is 0 Å². The van der Waals surface area contributed by atoms with E-state index in [0.717, 1.165) is 12.8 Å². The summed E-state index contributed by atoms with van der Waals surface area (Å²) < 4.78 is 18.4. The van der Waals surface area contributed by atoms with Gasteiger partial charge in [-0.05, 0) is 30.2 Å². The average Bonchev–Trinajstić information content (AvgIpc) is 2.28. The van der Waals surface area contributed by atoms with Gasteiger partial charge in [-0.25, -0.2) is 4.39 Å². The summed E-state index contributed by atoms with van der Waals surface area (Å²) in [7, 11) is 1.60. The number of benzene rings is 1. The van der Waals surface area contributed by atoms with Crippen LogP contribution in [0.5, 0.6) is 0 Å². The number of nitrogens with two attached hydrogens (primary N) is 1. The van der Waals surface area contributed by atoms with Crippen molar-refractivity contribution < 1.29 is 9.13 Å². The first kappa shape index (κ1) is 13.4. The Hall–Kier alpha value is -0.640. The van der Waals surface area contributed by atoms with Crippen molar-refractivity contribution >= 4 is 11.6 Å². The van der Waals surface area contributed by atoms with Gasteiger partial charge in [-0.2, -0.15) is 0 Å². The molecule has 0 bridgehead atoms. The van der Waals surface area contributed by atoms with Crippen molar-refractivity contribution in [2.75, 3.05) is 7.11 Å². The summed E-state index contributed by atoms with van der Waals surface area (Å²) in [6, 6.07) is 3.81. The minimum Gasteiger partial charge on any atom is -0.379 e. The van der Waals surface area contributed by atoms with Gasteiger partial charge in [0.25, 0.3) is 0 Å². The van der Waals surface area contributed by atoms with Crippen LogP contribution in [0.1, 0.15) is 31.4 Å². The summed E-state index contributed by atoms with van der Waals surface area (Å²) in [6.07, 6.45) is 1.65. The van der Waals surface area contributed by atoms with Crippen LogP contribution in [0.2, 0.25) is 5.02 Å². The zero-order valence-corrected chi connectivity index (χ0v) is 10.3. The standard InChI is InChI=1S/C12H17ClFNO/c1-3-4-11(16-2)12(15)9-7-8(14)5-6-10(9)13/h5-7,11-12H,3-4,15H2,1-2H3. The highest BCUT2D eigenvalue weighted by molar-refractivity contribution is 6.31. The first-order valence-corrected chi connectivity index (χ1v) is 5.71. The van der Waals surface area contributed by atoms with Crippen LogP contribution in [-0.4, -0.2) is 13.2 Å². The summed E-state index contributed by atoms with van der Waals surface area (Å²) in [6.45, 7) is 2.05. The molecule has 0 radical (unpaired) electrons. The highest BCUT2D eigenvalue weighted by Crippen LogP contribution is 2.27. The third-order valence-corrected chi connectivity index (χ3v) is 2.94. The van der Waals surface area contributed by atoms with E-state index in [-0.39, 0.29) is 11.9 Å². The lowest BCUT2D eigenvalue weighted by atomic mass is 9.99. The second-order valence-corrected chi connectivity index (χ2v) is 4.16. The van der Waals surface area contributed by atoms with Gasteiger partial charge in [0.2, 0.25) is 0 Å². The topological polar surface area (TPSA) is 35.2 Å². The van der Waals surface area contributed by atoms with Crippen molar-refractivity contribution in [3.05, 3.63) is 34.6 Å². The van der Waals surface area contributed by atoms with Crippen LogP contribution in [0.4, 0.5) is 4.39 Å². The molecule has 1 aromatic rings. The van der Waals surface area contributed by atoms with Crippen LogP contribution in [0.15, 0.2) is 18.2 Å². The smallest absolute Gasteiger partial charge is 0.123 e. The van der Waals surface area contributed by atoms with Gasteiger partial charge in [-0.1, -0.05) is 24.9 Å². The molecule has 0 spiro atoms. The lowest BCUT2D eigenvalue weighted by Crippen LogP contribution is -2.28. The van der Waals surface area contributed by atoms with E-state index in [1.807, 2.05) is 6.92 Å². The Labute approximate surface area is 101 Å². The predicted octanol–water partition coefficient (Wildman–Crippen LogP) is 3.29. The van der Waals surface area contributed by atoms with Gasteiger partial charge < -0.3 is 10.5 Å². The zero-order valence-electron chi connectivity index (χ0n) is 9.54. The van der Waals surface area contributed by atoms with Gasteiger partial charge in [0.1, 0.15) is 5.82 Å². The van der Waals surface area contributed by atoms with Crippen molar-refractivity contribution in [3.63, 3.8) is 0 Å². The Morgan fingerprint density at radius 1 is 1.50 bits per heavy atom. The maximum absolute atomic E-state index is 13.1. The summed E-state index contributed by atoms with van der Waals surface area (Å²) in [5.74, 6) is -0.332. The summed E-state index contributed by atoms with van der Waals surface area (Å²) >= 11 is 5.99. The molecule has 1 aromatic carbocycles. The van der Waals surface area contributed by atoms with Gasteiger partial charge >= 0.3 is 0 Å². The van der Waals surface area contributed by atoms with Crippen molar-refractivity contribution in [3.8, 4) is 0 Å². The van der Waals surface area contributed by atoms with Crippen LogP contribution in [0.3, 0.4) is 0 Å². The third kappa shape index (κ3) is 3.17. The molecule has 16 heavy (non-hydrogen) atoms. The number of hydrogen-bond donors (Lipinski definition) is 1. The van der Waals surface area contributed by atoms with E-state index in [1.54, 1.807) is 7.11 Å². The monoisotopic (exact) mass is 245 g/mol. The Bertz CT molecular complexity index is 346. The molecule has 2 N–H and O–H groups in total. The van der Waals surface area contributed by atoms with Gasteiger partial charge in [-0.3, -0.25) is 0 Å². The molecule has 2 nitrogen and oxygen atoms in total. The molecule has 90 valence electrons. The second-order valence-electron chi connectivity index (χ2n) is 3.75. The van der Waals surface area contributed by atoms with E-state index in [0.29, 0.717) is 10.6 Å². The molecule has 0 amide bonds. The zero-order chi connectivity index (χ0) is 12.1. The molecule has 0 saturated heterocycles. The summed E-state index contributed by atoms with van der Waals surface area (Å²) in [4.78, 5) is 0. The van der Waals surface area contributed by atoms with Gasteiger partial charge in [-0.15, -0.1) is 0 Å². The van der Waals surface area contributed by atoms with E-state index in [9.17, 15) is 4.39 Å². The summed E-state index contributed by atoms with van der Waals surface area (Å²) in [5, 5.41) is 0.479. The Balaban J connectivity index is 2.93. The molecular formula is C12H17ClFNO. The van der Waals surface area contributed by atoms with Gasteiger partial charge in [0.05, 0.1) is 12.1 Å². The molecule has 0 saturated carbocycles. The van der Waals surface area contributed by atoms with Crippen molar-refractivity contribution in [1.82, 2.24) is 0 Å². The van der Waals surface area contributed by atoms with Crippen molar-refractivity contribution in [2.24, 2.45) is 5.73 Å². The Morgan fingerprint density at radius 2 is 2.19 bits per heavy atom. The lowest BCUT2D eigenvalue weighted by Gasteiger charge is -2.23. The van der Waals surface area contributed by atoms with Crippen LogP contribution < -0.4 is 5.73 Å². The molecule has 4 heteroatoms. The number of halogens is 2. The molecule has 0 aromatic heterocycles. The molecule has 0 aliphatic carbocycles. The molecule has 0 heterocycles. The van der Waals surface area contributed by atoms with Gasteiger partial charge in [0.15, 0.2) is 0 Å². The van der Waals surface area contributed by atoms with Crippen molar-refractivity contribution in [1.29, 1.82) is 0 Å². The first-order chi connectivity index (χ1) is 7.60. The molecular weight excluding hydrogens is 229 g/mol. The van der Waals surface area contributed by atoms with E-state index in [2.05, 4.69) is 0 Å². The van der Waals surface area contributed by atoms with Crippen molar-refractivity contribution in [2.45, 2.75) is 31.9 Å². The fraction of sp³-hybridized carbons (Fsp3) is 0.500. The number of ether oxygens (including phenoxy) is 1. The highest BCUT2D eigenvalue weighted by Gasteiger charge is 2.20. The first-order valence-electron chi connectivity index (χ1n) is 5.33. The Morgan fingerprint density at radius 3 is 2.75 bits per heavy atom. The SMILES string of the molecule is CCCC(OC)C(N)c1cc(F)ccc1Cl. The molecule has 0 aliphatic heterocycles. The minimum absolute atomic E-state index is 0.135. The largest absolute Gasteiger partial charge is 0.379 e. The van der Waals surface area contributed by atoms with Crippen LogP contribution in [0.25, 0.3) is 0 Å². The molecule has 0 aliphatic rings. The average molecular weight is 246 g/mol. The quantitative estimate of drug-likeness (QED) is 0.864. The van der Waals surface area contributed by atoms with Crippen LogP contribution >= 0.6 is 11.6 Å². The number of hydrogen-bond acceptors (Lipinski definition) is 2. The fourth-order valence-electron chi connectivity index (χ4n) is 1.70. The van der Waals surface area contributed by atoms with E-state index < -0.39 is 6.04 Å². The fourth-order valence-corrected chi connectivity index (χ4v) is 1.94. The number of rotatable bonds is 5. The Kier molecular flexibility index (Phi) is 5.19. The molecule has 2 atom stereocenters. The number of methoxy groups -OCH3 is 1. The summed E-state index contributed by atoms with van der Waals surface area (Å²) in [5.41, 5.74) is 6.63. The normalized spacial score (nSPS) is 14.8. The lowest BCUT2D eigenvalue weighted by molar-refractivity contribution is 0.0724. The molecule has 2 unspecified atom stereocenters. The minimum atomic E-state index is -0.395. The molecule has 1 rings (SSSR count). The second kappa shape index (κ2) is 6.18. The van der Waals surface area contributed by atoms with Crippen LogP contribution in [0, 0.1) is 5.82 Å². The van der Waals surface area contributed by atoms with Crippen LogP contribution in [-0.2, 0) is 4.74 Å². The van der Waals surface area contributed by atoms with E-state index in [4.69, 9.17) is 22.1 Å². The highest BCUT2D eigenvalue weighted by atomic mass is 35.5. The van der Waals surface area contributed by atoms with Gasteiger partial charge in [0, 0.05) is 12.1 Å². The maximum atomic E-state index is 13.1. The third-order valence-electron chi connectivity index (χ3n) is 2.59. The molecule has 0 fully saturated rings. The van der Waals surface area contributed by atoms with E-state index in [1.165, 1.54) is 18.2 Å². The predicted molar refractivity (Wildman–Crippen MR) is 64.0 cm³/mol.